The van der Waals surface area contributed by atoms with Crippen molar-refractivity contribution in [2.45, 2.75) is 25.9 Å². The predicted molar refractivity (Wildman–Crippen MR) is 87.7 cm³/mol. The van der Waals surface area contributed by atoms with Crippen LogP contribution in [0.1, 0.15) is 24.3 Å². The number of piperazine rings is 1. The molecular weight excluding hydrogens is 296 g/mol. The minimum Gasteiger partial charge on any atom is -0.338 e. The van der Waals surface area contributed by atoms with Crippen LogP contribution in [0.15, 0.2) is 36.0 Å². The van der Waals surface area contributed by atoms with Crippen LogP contribution in [0.2, 0.25) is 0 Å². The Hall–Kier alpha value is -1.66. The van der Waals surface area contributed by atoms with Crippen LogP contribution in [-0.4, -0.2) is 51.7 Å². The lowest BCUT2D eigenvalue weighted by Gasteiger charge is -2.36. The molecule has 0 aromatic carbocycles. The first-order valence-electron chi connectivity index (χ1n) is 7.80. The minimum atomic E-state index is -0.168. The molecule has 0 radical (unpaired) electrons. The Kier molecular flexibility index (Phi) is 4.90. The Morgan fingerprint density at radius 1 is 1.32 bits per heavy atom. The quantitative estimate of drug-likeness (QED) is 0.849. The van der Waals surface area contributed by atoms with E-state index in [1.54, 1.807) is 22.2 Å². The molecule has 0 aliphatic carbocycles. The van der Waals surface area contributed by atoms with Gasteiger partial charge in [-0.05, 0) is 23.9 Å². The fourth-order valence-corrected chi connectivity index (χ4v) is 3.65. The highest BCUT2D eigenvalue weighted by Gasteiger charge is 2.27. The SMILES string of the molecule is CCC(C(=O)N1CCN(Cc2cccs2)CC1)n1cccn1. The lowest BCUT2D eigenvalue weighted by atomic mass is 10.1. The van der Waals surface area contributed by atoms with Gasteiger partial charge in [0.1, 0.15) is 6.04 Å². The van der Waals surface area contributed by atoms with Crippen LogP contribution < -0.4 is 0 Å². The average molecular weight is 318 g/mol. The maximum absolute atomic E-state index is 12.7. The van der Waals surface area contributed by atoms with Crippen molar-refractivity contribution >= 4 is 17.2 Å². The predicted octanol–water partition coefficient (Wildman–Crippen LogP) is 2.24. The first-order chi connectivity index (χ1) is 10.8. The third-order valence-electron chi connectivity index (χ3n) is 4.16. The lowest BCUT2D eigenvalue weighted by Crippen LogP contribution is -2.50. The van der Waals surface area contributed by atoms with Crippen molar-refractivity contribution in [3.8, 4) is 0 Å². The Morgan fingerprint density at radius 2 is 2.14 bits per heavy atom. The monoisotopic (exact) mass is 318 g/mol. The summed E-state index contributed by atoms with van der Waals surface area (Å²) in [5.74, 6) is 0.196. The maximum atomic E-state index is 12.7. The summed E-state index contributed by atoms with van der Waals surface area (Å²) in [6.45, 7) is 6.54. The van der Waals surface area contributed by atoms with Gasteiger partial charge in [-0.3, -0.25) is 14.4 Å². The van der Waals surface area contributed by atoms with E-state index in [4.69, 9.17) is 0 Å². The van der Waals surface area contributed by atoms with E-state index < -0.39 is 0 Å². The molecule has 1 aliphatic heterocycles. The van der Waals surface area contributed by atoms with Crippen LogP contribution in [0.3, 0.4) is 0 Å². The van der Waals surface area contributed by atoms with E-state index in [1.807, 2.05) is 24.1 Å². The number of hydrogen-bond acceptors (Lipinski definition) is 4. The molecule has 0 saturated carbocycles. The highest BCUT2D eigenvalue weighted by atomic mass is 32.1. The van der Waals surface area contributed by atoms with Gasteiger partial charge >= 0.3 is 0 Å². The highest BCUT2D eigenvalue weighted by molar-refractivity contribution is 7.09. The van der Waals surface area contributed by atoms with Gasteiger partial charge in [0.2, 0.25) is 5.91 Å². The topological polar surface area (TPSA) is 41.4 Å². The Bertz CT molecular complexity index is 573. The van der Waals surface area contributed by atoms with Gasteiger partial charge in [0.25, 0.3) is 0 Å². The largest absolute Gasteiger partial charge is 0.338 e. The summed E-state index contributed by atoms with van der Waals surface area (Å²) in [6, 6.07) is 5.97. The number of amides is 1. The number of aromatic nitrogens is 2. The number of carbonyl (C=O) groups is 1. The fraction of sp³-hybridized carbons (Fsp3) is 0.500. The summed E-state index contributed by atoms with van der Waals surface area (Å²) in [7, 11) is 0. The van der Waals surface area contributed by atoms with Crippen molar-refractivity contribution in [3.05, 3.63) is 40.8 Å². The molecule has 2 aromatic heterocycles. The van der Waals surface area contributed by atoms with Gasteiger partial charge < -0.3 is 4.90 Å². The molecule has 1 saturated heterocycles. The van der Waals surface area contributed by atoms with Crippen molar-refractivity contribution in [1.29, 1.82) is 0 Å². The molecule has 3 heterocycles. The summed E-state index contributed by atoms with van der Waals surface area (Å²) in [4.78, 5) is 18.5. The third-order valence-corrected chi connectivity index (χ3v) is 5.02. The van der Waals surface area contributed by atoms with Crippen molar-refractivity contribution in [1.82, 2.24) is 19.6 Å². The molecule has 1 fully saturated rings. The molecule has 6 heteroatoms. The van der Waals surface area contributed by atoms with Gasteiger partial charge in [-0.15, -0.1) is 11.3 Å². The molecule has 3 rings (SSSR count). The summed E-state index contributed by atoms with van der Waals surface area (Å²) in [5, 5.41) is 6.34. The number of thiophene rings is 1. The molecule has 5 nitrogen and oxygen atoms in total. The van der Waals surface area contributed by atoms with Crippen molar-refractivity contribution in [2.24, 2.45) is 0 Å². The first-order valence-corrected chi connectivity index (χ1v) is 8.68. The second-order valence-corrected chi connectivity index (χ2v) is 6.62. The summed E-state index contributed by atoms with van der Waals surface area (Å²) in [6.07, 6.45) is 4.38. The molecule has 2 aromatic rings. The molecule has 0 bridgehead atoms. The molecule has 0 N–H and O–H groups in total. The van der Waals surface area contributed by atoms with E-state index in [9.17, 15) is 4.79 Å². The van der Waals surface area contributed by atoms with Gasteiger partial charge in [0.05, 0.1) is 0 Å². The van der Waals surface area contributed by atoms with Crippen molar-refractivity contribution in [3.63, 3.8) is 0 Å². The van der Waals surface area contributed by atoms with Crippen LogP contribution in [0.5, 0.6) is 0 Å². The Labute approximate surface area is 135 Å². The molecule has 1 unspecified atom stereocenters. The van der Waals surface area contributed by atoms with E-state index in [0.717, 1.165) is 39.1 Å². The molecule has 118 valence electrons. The van der Waals surface area contributed by atoms with Gasteiger partial charge in [0, 0.05) is 50.0 Å². The highest BCUT2D eigenvalue weighted by Crippen LogP contribution is 2.17. The van der Waals surface area contributed by atoms with E-state index in [0.29, 0.717) is 0 Å². The van der Waals surface area contributed by atoms with Gasteiger partial charge in [-0.1, -0.05) is 13.0 Å². The number of carbonyl (C=O) groups excluding carboxylic acids is 1. The fourth-order valence-electron chi connectivity index (χ4n) is 2.90. The molecular formula is C16H22N4OS. The molecule has 0 spiro atoms. The van der Waals surface area contributed by atoms with Gasteiger partial charge in [0.15, 0.2) is 0 Å². The Morgan fingerprint density at radius 3 is 2.73 bits per heavy atom. The van der Waals surface area contributed by atoms with Crippen LogP contribution in [0.4, 0.5) is 0 Å². The maximum Gasteiger partial charge on any atom is 0.247 e. The second-order valence-electron chi connectivity index (χ2n) is 5.59. The van der Waals surface area contributed by atoms with Gasteiger partial charge in [-0.2, -0.15) is 5.10 Å². The lowest BCUT2D eigenvalue weighted by molar-refractivity contribution is -0.137. The van der Waals surface area contributed by atoms with E-state index in [1.165, 1.54) is 4.88 Å². The molecule has 22 heavy (non-hydrogen) atoms. The van der Waals surface area contributed by atoms with E-state index >= 15 is 0 Å². The number of hydrogen-bond donors (Lipinski definition) is 0. The zero-order chi connectivity index (χ0) is 15.4. The number of rotatable bonds is 5. The zero-order valence-corrected chi connectivity index (χ0v) is 13.7. The average Bonchev–Trinajstić information content (AvgIpc) is 3.22. The smallest absolute Gasteiger partial charge is 0.247 e. The summed E-state index contributed by atoms with van der Waals surface area (Å²) < 4.78 is 1.78. The third kappa shape index (κ3) is 3.39. The Balaban J connectivity index is 1.55. The van der Waals surface area contributed by atoms with Crippen molar-refractivity contribution in [2.75, 3.05) is 26.2 Å². The van der Waals surface area contributed by atoms with Gasteiger partial charge in [-0.25, -0.2) is 0 Å². The van der Waals surface area contributed by atoms with E-state index in [-0.39, 0.29) is 11.9 Å². The van der Waals surface area contributed by atoms with Crippen LogP contribution in [0, 0.1) is 0 Å². The minimum absolute atomic E-state index is 0.168. The van der Waals surface area contributed by atoms with Crippen LogP contribution in [0.25, 0.3) is 0 Å². The number of nitrogens with zero attached hydrogens (tertiary/aromatic N) is 4. The summed E-state index contributed by atoms with van der Waals surface area (Å²) in [5.41, 5.74) is 0. The molecule has 1 aliphatic rings. The standard InChI is InChI=1S/C16H22N4OS/c1-2-15(20-7-4-6-17-20)16(21)19-10-8-18(9-11-19)13-14-5-3-12-22-14/h3-7,12,15H,2,8-11,13H2,1H3. The summed E-state index contributed by atoms with van der Waals surface area (Å²) >= 11 is 1.80. The van der Waals surface area contributed by atoms with E-state index in [2.05, 4.69) is 27.5 Å². The zero-order valence-electron chi connectivity index (χ0n) is 12.9. The molecule has 1 atom stereocenters. The van der Waals surface area contributed by atoms with Crippen molar-refractivity contribution < 1.29 is 4.79 Å². The van der Waals surface area contributed by atoms with Crippen LogP contribution in [-0.2, 0) is 11.3 Å². The normalized spacial score (nSPS) is 17.6. The van der Waals surface area contributed by atoms with Crippen LogP contribution >= 0.6 is 11.3 Å². The second kappa shape index (κ2) is 7.07. The molecule has 1 amide bonds. The first kappa shape index (κ1) is 15.2.